The lowest BCUT2D eigenvalue weighted by Crippen LogP contribution is -2.42. The molecule has 0 unspecified atom stereocenters. The number of aliphatic hydroxyl groups is 1. The van der Waals surface area contributed by atoms with Crippen LogP contribution in [-0.2, 0) is 10.0 Å². The lowest BCUT2D eigenvalue weighted by atomic mass is 9.99. The Bertz CT molecular complexity index is 1480. The monoisotopic (exact) mass is 445 g/mol. The zero-order valence-corrected chi connectivity index (χ0v) is 17.0. The zero-order chi connectivity index (χ0) is 30.3. The number of nitrogens with one attached hydrogen (secondary N) is 1. The van der Waals surface area contributed by atoms with Gasteiger partial charge in [0.1, 0.15) is 5.65 Å². The fourth-order valence-corrected chi connectivity index (χ4v) is 4.39. The van der Waals surface area contributed by atoms with Crippen LogP contribution in [0, 0.1) is 6.85 Å². The molecule has 0 radical (unpaired) electrons. The minimum atomic E-state index is -3.91. The van der Waals surface area contributed by atoms with Crippen LogP contribution in [0.5, 0.6) is 0 Å². The molecule has 2 N–H and O–H groups in total. The molecule has 2 aromatic heterocycles. The minimum absolute atomic E-state index is 0.0222. The van der Waals surface area contributed by atoms with E-state index >= 15 is 0 Å². The molecule has 2 aliphatic rings. The standard InChI is InChI=1S/C20H29N5O4S/c1-13-11-14-12-21-19(22-15-6-9-24(10-7-15)30(3,28)29)23-17(14)25(18(13)26)16-5-4-8-20(16,2)27/h11-12,15-16,27H,4-10H2,1-3H3,(H,21,22,23)/t16-,20-/m0/s1/i1D3,2D3,6D2,7D2. The van der Waals surface area contributed by atoms with Crippen LogP contribution in [0.15, 0.2) is 17.1 Å². The van der Waals surface area contributed by atoms with Gasteiger partial charge in [-0.25, -0.2) is 17.7 Å². The lowest BCUT2D eigenvalue weighted by Gasteiger charge is -2.31. The first kappa shape index (κ1) is 12.1. The van der Waals surface area contributed by atoms with Gasteiger partial charge in [0.2, 0.25) is 16.0 Å². The van der Waals surface area contributed by atoms with E-state index in [0.29, 0.717) is 4.31 Å². The quantitative estimate of drug-likeness (QED) is 0.731. The second-order valence-corrected chi connectivity index (χ2v) is 9.54. The van der Waals surface area contributed by atoms with Crippen LogP contribution < -0.4 is 10.9 Å². The van der Waals surface area contributed by atoms with Crippen molar-refractivity contribution in [2.45, 2.75) is 63.4 Å². The van der Waals surface area contributed by atoms with Gasteiger partial charge in [-0.2, -0.15) is 4.98 Å². The van der Waals surface area contributed by atoms with E-state index in [-0.39, 0.29) is 36.2 Å². The summed E-state index contributed by atoms with van der Waals surface area (Å²) in [6.45, 7) is -7.13. The number of sulfonamides is 1. The predicted molar refractivity (Wildman–Crippen MR) is 115 cm³/mol. The molecule has 9 nitrogen and oxygen atoms in total. The first-order valence-electron chi connectivity index (χ1n) is 14.4. The van der Waals surface area contributed by atoms with Crippen LogP contribution in [0.4, 0.5) is 5.95 Å². The summed E-state index contributed by atoms with van der Waals surface area (Å²) in [4.78, 5) is 21.8. The molecule has 164 valence electrons. The van der Waals surface area contributed by atoms with Gasteiger partial charge < -0.3 is 10.4 Å². The summed E-state index contributed by atoms with van der Waals surface area (Å²) in [5.41, 5.74) is -4.33. The summed E-state index contributed by atoms with van der Waals surface area (Å²) in [5.74, 6) is -0.372. The van der Waals surface area contributed by atoms with Crippen molar-refractivity contribution in [3.63, 3.8) is 0 Å². The van der Waals surface area contributed by atoms with Gasteiger partial charge in [0.15, 0.2) is 0 Å². The van der Waals surface area contributed by atoms with Crippen molar-refractivity contribution in [1.82, 2.24) is 18.8 Å². The van der Waals surface area contributed by atoms with E-state index in [9.17, 15) is 18.3 Å². The Labute approximate surface area is 190 Å². The Hall–Kier alpha value is -2.04. The maximum Gasteiger partial charge on any atom is 0.255 e. The molecule has 0 amide bonds. The minimum Gasteiger partial charge on any atom is -0.388 e. The molecule has 1 saturated carbocycles. The molecular formula is C20H29N5O4S. The number of aryl methyl sites for hydroxylation is 1. The molecular weight excluding hydrogens is 406 g/mol. The first-order chi connectivity index (χ1) is 18.0. The lowest BCUT2D eigenvalue weighted by molar-refractivity contribution is 0.0266. The Morgan fingerprint density at radius 3 is 2.83 bits per heavy atom. The summed E-state index contributed by atoms with van der Waals surface area (Å²) in [6.07, 6.45) is -2.86. The van der Waals surface area contributed by atoms with Gasteiger partial charge in [0, 0.05) is 50.0 Å². The van der Waals surface area contributed by atoms with Gasteiger partial charge in [-0.1, -0.05) is 0 Å². The third-order valence-corrected chi connectivity index (χ3v) is 6.55. The van der Waals surface area contributed by atoms with E-state index in [2.05, 4.69) is 15.3 Å². The van der Waals surface area contributed by atoms with E-state index < -0.39 is 78.4 Å². The highest BCUT2D eigenvalue weighted by molar-refractivity contribution is 7.88. The fraction of sp³-hybridized carbons (Fsp3) is 0.650. The molecule has 10 heteroatoms. The SMILES string of the molecule is [2H]C([2H])([2H])c1cc2cnc(NC3C([2H])([2H])CN(S(C)(=O)=O)CC3([2H])[2H])nc2n([C@H]2CCC[C@@]2(O)C([2H])([2H])[2H])c1=O. The number of hydrogen-bond donors (Lipinski definition) is 2. The molecule has 1 aliphatic heterocycles. The summed E-state index contributed by atoms with van der Waals surface area (Å²) in [7, 11) is -3.91. The van der Waals surface area contributed by atoms with Gasteiger partial charge in [-0.15, -0.1) is 0 Å². The molecule has 2 fully saturated rings. The molecule has 3 heterocycles. The van der Waals surface area contributed by atoms with Crippen LogP contribution >= 0.6 is 0 Å². The largest absolute Gasteiger partial charge is 0.388 e. The molecule has 0 bridgehead atoms. The van der Waals surface area contributed by atoms with Gasteiger partial charge in [0.05, 0.1) is 17.9 Å². The van der Waals surface area contributed by atoms with E-state index in [1.165, 1.54) is 0 Å². The number of aromatic nitrogens is 3. The number of nitrogens with zero attached hydrogens (tertiary/aromatic N) is 4. The summed E-state index contributed by atoms with van der Waals surface area (Å²) >= 11 is 0. The highest BCUT2D eigenvalue weighted by Crippen LogP contribution is 2.39. The van der Waals surface area contributed by atoms with Crippen LogP contribution in [0.3, 0.4) is 0 Å². The van der Waals surface area contributed by atoms with Crippen molar-refractivity contribution in [2.24, 2.45) is 0 Å². The van der Waals surface area contributed by atoms with Gasteiger partial charge >= 0.3 is 0 Å². The Balaban J connectivity index is 1.88. The summed E-state index contributed by atoms with van der Waals surface area (Å²) in [6, 6.07) is -1.99. The van der Waals surface area contributed by atoms with Crippen LogP contribution in [0.25, 0.3) is 11.0 Å². The summed E-state index contributed by atoms with van der Waals surface area (Å²) in [5, 5.41) is 13.8. The number of rotatable bonds is 4. The second kappa shape index (κ2) is 7.58. The Morgan fingerprint density at radius 2 is 2.17 bits per heavy atom. The van der Waals surface area contributed by atoms with Gasteiger partial charge in [-0.3, -0.25) is 9.36 Å². The van der Waals surface area contributed by atoms with Crippen LogP contribution in [-0.4, -0.2) is 63.4 Å². The number of piperidine rings is 1. The summed E-state index contributed by atoms with van der Waals surface area (Å²) < 4.78 is 106. The number of hydrogen-bond acceptors (Lipinski definition) is 7. The van der Waals surface area contributed by atoms with Gasteiger partial charge in [0.25, 0.3) is 5.56 Å². The van der Waals surface area contributed by atoms with Crippen molar-refractivity contribution in [2.75, 3.05) is 24.7 Å². The van der Waals surface area contributed by atoms with Crippen molar-refractivity contribution < 1.29 is 27.2 Å². The highest BCUT2D eigenvalue weighted by atomic mass is 32.2. The molecule has 0 aromatic carbocycles. The normalized spacial score (nSPS) is 35.5. The Morgan fingerprint density at radius 1 is 1.40 bits per heavy atom. The zero-order valence-electron chi connectivity index (χ0n) is 26.2. The van der Waals surface area contributed by atoms with E-state index in [1.54, 1.807) is 0 Å². The molecule has 30 heavy (non-hydrogen) atoms. The number of fused-ring (bicyclic) bond motifs is 1. The maximum atomic E-state index is 13.5. The molecule has 0 spiro atoms. The Kier molecular flexibility index (Phi) is 3.06. The van der Waals surface area contributed by atoms with E-state index in [1.807, 2.05) is 0 Å². The van der Waals surface area contributed by atoms with Crippen molar-refractivity contribution in [1.29, 1.82) is 0 Å². The predicted octanol–water partition coefficient (Wildman–Crippen LogP) is 1.41. The first-order valence-corrected chi connectivity index (χ1v) is 11.2. The number of anilines is 1. The fourth-order valence-electron chi connectivity index (χ4n) is 3.77. The van der Waals surface area contributed by atoms with Gasteiger partial charge in [-0.05, 0) is 51.8 Å². The van der Waals surface area contributed by atoms with Crippen molar-refractivity contribution in [3.05, 3.63) is 28.2 Å². The number of pyridine rings is 1. The molecule has 2 atom stereocenters. The van der Waals surface area contributed by atoms with E-state index in [4.69, 9.17) is 13.7 Å². The van der Waals surface area contributed by atoms with Crippen LogP contribution in [0.1, 0.15) is 64.2 Å². The molecule has 1 aliphatic carbocycles. The average molecular weight is 446 g/mol. The highest BCUT2D eigenvalue weighted by Gasteiger charge is 2.39. The average Bonchev–Trinajstić information content (AvgIpc) is 3.16. The smallest absolute Gasteiger partial charge is 0.255 e. The third kappa shape index (κ3) is 3.95. The molecule has 4 rings (SSSR count). The second-order valence-electron chi connectivity index (χ2n) is 7.55. The van der Waals surface area contributed by atoms with E-state index in [0.717, 1.165) is 23.1 Å². The van der Waals surface area contributed by atoms with Crippen molar-refractivity contribution in [3.8, 4) is 0 Å². The topological polar surface area (TPSA) is 117 Å². The van der Waals surface area contributed by atoms with Crippen molar-refractivity contribution >= 4 is 27.0 Å². The molecule has 2 aromatic rings. The molecule has 1 saturated heterocycles. The third-order valence-electron chi connectivity index (χ3n) is 5.36. The maximum absolute atomic E-state index is 13.5. The van der Waals surface area contributed by atoms with Crippen LogP contribution in [0.2, 0.25) is 0 Å².